The molecule has 3 aliphatic carbocycles. The molecule has 0 aromatic carbocycles. The number of hydrogen-bond donors (Lipinski definition) is 0. The molecular weight excluding hydrogens is 338 g/mol. The predicted molar refractivity (Wildman–Crippen MR) is 111 cm³/mol. The van der Waals surface area contributed by atoms with Crippen molar-refractivity contribution < 1.29 is 8.78 Å². The summed E-state index contributed by atoms with van der Waals surface area (Å²) in [4.78, 5) is 0. The Morgan fingerprint density at radius 2 is 1.07 bits per heavy atom. The second-order valence-corrected chi connectivity index (χ2v) is 10.3. The molecule has 3 fully saturated rings. The van der Waals surface area contributed by atoms with Gasteiger partial charge in [0.2, 0.25) is 0 Å². The van der Waals surface area contributed by atoms with Gasteiger partial charge in [0.25, 0.3) is 0 Å². The molecular formula is C25H44F2. The van der Waals surface area contributed by atoms with Crippen LogP contribution in [0.4, 0.5) is 8.78 Å². The van der Waals surface area contributed by atoms with E-state index in [1.165, 1.54) is 89.9 Å². The lowest BCUT2D eigenvalue weighted by molar-refractivity contribution is 0.0471. The van der Waals surface area contributed by atoms with Crippen molar-refractivity contribution in [3.05, 3.63) is 0 Å². The smallest absolute Gasteiger partial charge is 0.131 e. The van der Waals surface area contributed by atoms with E-state index in [2.05, 4.69) is 6.92 Å². The summed E-state index contributed by atoms with van der Waals surface area (Å²) in [5, 5.41) is 0. The number of halogens is 2. The molecule has 0 aromatic rings. The van der Waals surface area contributed by atoms with Crippen LogP contribution in [0.3, 0.4) is 0 Å². The molecule has 0 saturated heterocycles. The Morgan fingerprint density at radius 1 is 0.556 bits per heavy atom. The fourth-order valence-corrected chi connectivity index (χ4v) is 6.61. The number of hydrogen-bond acceptors (Lipinski definition) is 0. The summed E-state index contributed by atoms with van der Waals surface area (Å²) in [6.07, 6.45) is 19.3. The normalized spacial score (nSPS) is 40.8. The average molecular weight is 383 g/mol. The zero-order valence-corrected chi connectivity index (χ0v) is 17.8. The molecule has 0 bridgehead atoms. The molecule has 3 saturated carbocycles. The van der Waals surface area contributed by atoms with Crippen LogP contribution in [0.2, 0.25) is 0 Å². The van der Waals surface area contributed by atoms with Gasteiger partial charge in [0.1, 0.15) is 12.3 Å². The third-order valence-electron chi connectivity index (χ3n) is 8.49. The minimum absolute atomic E-state index is 0.466. The van der Waals surface area contributed by atoms with Crippen LogP contribution in [0.1, 0.15) is 116 Å². The quantitative estimate of drug-likeness (QED) is 0.369. The lowest BCUT2D eigenvalue weighted by Crippen LogP contribution is -2.34. The molecule has 0 radical (unpaired) electrons. The van der Waals surface area contributed by atoms with Gasteiger partial charge in [0.15, 0.2) is 0 Å². The topological polar surface area (TPSA) is 0 Å². The molecule has 27 heavy (non-hydrogen) atoms. The molecule has 0 spiro atoms. The molecule has 0 heterocycles. The standard InChI is InChI=1S/C25H44F2/c1-2-3-4-5-6-7-19-8-10-20(11-9-19)21-12-14-22(15-13-21)23-16-17-24(26)25(27)18-23/h19-25H,2-18H2,1H3. The highest BCUT2D eigenvalue weighted by molar-refractivity contribution is 4.88. The van der Waals surface area contributed by atoms with Crippen LogP contribution in [-0.4, -0.2) is 12.3 Å². The SMILES string of the molecule is CCCCCCCC1CCC(C2CCC(C3CCC(F)C(F)C3)CC2)CC1. The van der Waals surface area contributed by atoms with Crippen LogP contribution in [-0.2, 0) is 0 Å². The van der Waals surface area contributed by atoms with E-state index in [4.69, 9.17) is 0 Å². The average Bonchev–Trinajstić information content (AvgIpc) is 2.71. The Kier molecular flexibility index (Phi) is 8.91. The van der Waals surface area contributed by atoms with Crippen molar-refractivity contribution in [3.8, 4) is 0 Å². The Hall–Kier alpha value is -0.140. The van der Waals surface area contributed by atoms with E-state index < -0.39 is 12.3 Å². The molecule has 0 nitrogen and oxygen atoms in total. The largest absolute Gasteiger partial charge is 0.244 e. The van der Waals surface area contributed by atoms with Gasteiger partial charge in [0.05, 0.1) is 0 Å². The summed E-state index contributed by atoms with van der Waals surface area (Å²) in [5.74, 6) is 4.07. The first-order valence-corrected chi connectivity index (χ1v) is 12.5. The van der Waals surface area contributed by atoms with E-state index in [1.54, 1.807) is 0 Å². The molecule has 3 rings (SSSR count). The van der Waals surface area contributed by atoms with Gasteiger partial charge in [0, 0.05) is 0 Å². The molecule has 2 heteroatoms. The second kappa shape index (κ2) is 11.1. The van der Waals surface area contributed by atoms with E-state index in [9.17, 15) is 8.78 Å². The fraction of sp³-hybridized carbons (Fsp3) is 1.00. The monoisotopic (exact) mass is 382 g/mol. The second-order valence-electron chi connectivity index (χ2n) is 10.3. The lowest BCUT2D eigenvalue weighted by atomic mass is 9.65. The highest BCUT2D eigenvalue weighted by Gasteiger charge is 2.37. The van der Waals surface area contributed by atoms with Crippen molar-refractivity contribution in [3.63, 3.8) is 0 Å². The van der Waals surface area contributed by atoms with E-state index in [-0.39, 0.29) is 0 Å². The Balaban J connectivity index is 1.30. The Labute approximate surface area is 167 Å². The number of unbranched alkanes of at least 4 members (excludes halogenated alkanes) is 4. The first kappa shape index (κ1) is 21.6. The zero-order valence-electron chi connectivity index (χ0n) is 17.8. The van der Waals surface area contributed by atoms with Gasteiger partial charge >= 0.3 is 0 Å². The summed E-state index contributed by atoms with van der Waals surface area (Å²) < 4.78 is 27.2. The molecule has 0 N–H and O–H groups in total. The van der Waals surface area contributed by atoms with E-state index in [1.807, 2.05) is 0 Å². The molecule has 3 aliphatic rings. The minimum atomic E-state index is -1.18. The summed E-state index contributed by atoms with van der Waals surface area (Å²) in [5.41, 5.74) is 0. The molecule has 0 amide bonds. The van der Waals surface area contributed by atoms with Crippen LogP contribution in [0.15, 0.2) is 0 Å². The van der Waals surface area contributed by atoms with Gasteiger partial charge in [-0.1, -0.05) is 58.3 Å². The van der Waals surface area contributed by atoms with Crippen molar-refractivity contribution in [1.82, 2.24) is 0 Å². The maximum Gasteiger partial charge on any atom is 0.131 e. The van der Waals surface area contributed by atoms with E-state index in [0.29, 0.717) is 24.7 Å². The summed E-state index contributed by atoms with van der Waals surface area (Å²) >= 11 is 0. The van der Waals surface area contributed by atoms with Crippen molar-refractivity contribution >= 4 is 0 Å². The van der Waals surface area contributed by atoms with Crippen molar-refractivity contribution in [2.75, 3.05) is 0 Å². The third kappa shape index (κ3) is 6.43. The maximum absolute atomic E-state index is 13.8. The Bertz CT molecular complexity index is 393. The summed E-state index contributed by atoms with van der Waals surface area (Å²) in [6, 6.07) is 0. The van der Waals surface area contributed by atoms with Gasteiger partial charge < -0.3 is 0 Å². The molecule has 3 unspecified atom stereocenters. The number of alkyl halides is 2. The van der Waals surface area contributed by atoms with Crippen molar-refractivity contribution in [2.45, 2.75) is 128 Å². The zero-order chi connectivity index (χ0) is 19.1. The molecule has 0 aliphatic heterocycles. The van der Waals surface area contributed by atoms with Crippen LogP contribution < -0.4 is 0 Å². The molecule has 158 valence electrons. The summed E-state index contributed by atoms with van der Waals surface area (Å²) in [6.45, 7) is 2.29. The third-order valence-corrected chi connectivity index (χ3v) is 8.49. The maximum atomic E-state index is 13.8. The Morgan fingerprint density at radius 3 is 1.67 bits per heavy atom. The minimum Gasteiger partial charge on any atom is -0.244 e. The van der Waals surface area contributed by atoms with E-state index in [0.717, 1.165) is 24.2 Å². The lowest BCUT2D eigenvalue weighted by Gasteiger charge is -2.41. The number of rotatable bonds is 8. The first-order valence-electron chi connectivity index (χ1n) is 12.5. The summed E-state index contributed by atoms with van der Waals surface area (Å²) in [7, 11) is 0. The fourth-order valence-electron chi connectivity index (χ4n) is 6.61. The van der Waals surface area contributed by atoms with Gasteiger partial charge in [-0.2, -0.15) is 0 Å². The molecule has 0 aromatic heterocycles. The van der Waals surface area contributed by atoms with Crippen molar-refractivity contribution in [2.24, 2.45) is 29.6 Å². The highest BCUT2D eigenvalue weighted by atomic mass is 19.2. The predicted octanol–water partition coefficient (Wildman–Crippen LogP) is 8.44. The van der Waals surface area contributed by atoms with Gasteiger partial charge in [-0.25, -0.2) is 8.78 Å². The first-order chi connectivity index (χ1) is 13.2. The van der Waals surface area contributed by atoms with Crippen LogP contribution in [0.5, 0.6) is 0 Å². The van der Waals surface area contributed by atoms with Gasteiger partial charge in [-0.05, 0) is 87.4 Å². The van der Waals surface area contributed by atoms with Crippen LogP contribution in [0.25, 0.3) is 0 Å². The van der Waals surface area contributed by atoms with Crippen molar-refractivity contribution in [1.29, 1.82) is 0 Å². The van der Waals surface area contributed by atoms with Crippen LogP contribution >= 0.6 is 0 Å². The van der Waals surface area contributed by atoms with Gasteiger partial charge in [-0.15, -0.1) is 0 Å². The highest BCUT2D eigenvalue weighted by Crippen LogP contribution is 2.46. The van der Waals surface area contributed by atoms with Crippen LogP contribution in [0, 0.1) is 29.6 Å². The van der Waals surface area contributed by atoms with Gasteiger partial charge in [-0.3, -0.25) is 0 Å². The van der Waals surface area contributed by atoms with E-state index >= 15 is 0 Å². The molecule has 3 atom stereocenters.